The van der Waals surface area contributed by atoms with Crippen molar-refractivity contribution in [2.75, 3.05) is 17.8 Å². The van der Waals surface area contributed by atoms with Crippen molar-refractivity contribution in [3.05, 3.63) is 41.7 Å². The number of amides is 1. The molecule has 1 heterocycles. The average molecular weight is 348 g/mol. The molecule has 0 saturated carbocycles. The Morgan fingerprint density at radius 2 is 2.08 bits per heavy atom. The second kappa shape index (κ2) is 7.17. The number of anilines is 1. The average Bonchev–Trinajstić information content (AvgIpc) is 2.78. The predicted molar refractivity (Wildman–Crippen MR) is 98.3 cm³/mol. The molecule has 0 aliphatic carbocycles. The van der Waals surface area contributed by atoms with Crippen LogP contribution in [0.25, 0.3) is 0 Å². The first-order valence-electron chi connectivity index (χ1n) is 7.76. The maximum absolute atomic E-state index is 12.5. The molecule has 2 aromatic rings. The summed E-state index contributed by atoms with van der Waals surface area (Å²) in [4.78, 5) is 12.5. The van der Waals surface area contributed by atoms with Crippen LogP contribution in [0.3, 0.4) is 0 Å². The lowest BCUT2D eigenvalue weighted by molar-refractivity contribution is 0.102. The first-order valence-corrected chi connectivity index (χ1v) is 10.1. The molecule has 0 aliphatic rings. The van der Waals surface area contributed by atoms with E-state index in [-0.39, 0.29) is 5.91 Å². The maximum Gasteiger partial charge on any atom is 0.259 e. The molecule has 6 nitrogen and oxygen atoms in total. The zero-order valence-corrected chi connectivity index (χ0v) is 15.6. The normalized spacial score (nSPS) is 11.6. The van der Waals surface area contributed by atoms with E-state index in [2.05, 4.69) is 28.6 Å². The predicted octanol–water partition coefficient (Wildman–Crippen LogP) is 3.46. The van der Waals surface area contributed by atoms with Crippen molar-refractivity contribution in [3.8, 4) is 0 Å². The molecule has 130 valence electrons. The van der Waals surface area contributed by atoms with Crippen molar-refractivity contribution in [2.24, 2.45) is 10.3 Å². The van der Waals surface area contributed by atoms with Gasteiger partial charge >= 0.3 is 0 Å². The summed E-state index contributed by atoms with van der Waals surface area (Å²) < 4.78 is 17.8. The third kappa shape index (κ3) is 4.92. The van der Waals surface area contributed by atoms with Crippen LogP contribution in [0, 0.1) is 12.8 Å². The largest absolute Gasteiger partial charge is 0.322 e. The van der Waals surface area contributed by atoms with Crippen LogP contribution in [-0.4, -0.2) is 32.4 Å². The Balaban J connectivity index is 2.20. The maximum atomic E-state index is 12.5. The van der Waals surface area contributed by atoms with Crippen LogP contribution < -0.4 is 5.32 Å². The molecule has 0 radical (unpaired) electrons. The molecule has 0 fully saturated rings. The minimum absolute atomic E-state index is 0.214. The molecular weight excluding hydrogens is 324 g/mol. The summed E-state index contributed by atoms with van der Waals surface area (Å²) in [7, 11) is -2.24. The van der Waals surface area contributed by atoms with Crippen molar-refractivity contribution < 1.29 is 9.00 Å². The number of carbonyl (C=O) groups is 1. The molecule has 1 amide bonds. The summed E-state index contributed by atoms with van der Waals surface area (Å²) in [5.41, 5.74) is 2.58. The van der Waals surface area contributed by atoms with Crippen LogP contribution in [0.2, 0.25) is 0 Å². The van der Waals surface area contributed by atoms with Crippen molar-refractivity contribution in [1.29, 1.82) is 0 Å². The Bertz CT molecular complexity index is 853. The highest BCUT2D eigenvalue weighted by atomic mass is 32.2. The molecule has 0 aliphatic heterocycles. The fourth-order valence-corrected chi connectivity index (χ4v) is 2.91. The fraction of sp³-hybridized carbons (Fsp3) is 0.412. The highest BCUT2D eigenvalue weighted by Gasteiger charge is 2.15. The van der Waals surface area contributed by atoms with Gasteiger partial charge in [0.2, 0.25) is 0 Å². The minimum Gasteiger partial charge on any atom is -0.322 e. The van der Waals surface area contributed by atoms with E-state index in [0.717, 1.165) is 12.2 Å². The Morgan fingerprint density at radius 3 is 2.71 bits per heavy atom. The molecular formula is C17H24N4O2S. The fourth-order valence-electron chi connectivity index (χ4n) is 2.29. The summed E-state index contributed by atoms with van der Waals surface area (Å²) >= 11 is 0. The standard InChI is InChI=1S/C17H24N4O2S/c1-12(2)11-21-13(3)16(10-18-21)17(22)19-14-7-6-8-15(9-14)20-24(4,5)23/h6-10,12H,11H2,1-5H3,(H,19,22). The van der Waals surface area contributed by atoms with Crippen molar-refractivity contribution in [3.63, 3.8) is 0 Å². The van der Waals surface area contributed by atoms with Crippen LogP contribution in [-0.2, 0) is 16.3 Å². The number of nitrogens with zero attached hydrogens (tertiary/aromatic N) is 3. The molecule has 24 heavy (non-hydrogen) atoms. The third-order valence-corrected chi connectivity index (χ3v) is 3.97. The van der Waals surface area contributed by atoms with Gasteiger partial charge < -0.3 is 5.32 Å². The highest BCUT2D eigenvalue weighted by Crippen LogP contribution is 2.20. The molecule has 0 spiro atoms. The molecule has 0 bridgehead atoms. The van der Waals surface area contributed by atoms with Crippen LogP contribution >= 0.6 is 0 Å². The number of benzene rings is 1. The number of aromatic nitrogens is 2. The zero-order chi connectivity index (χ0) is 17.9. The van der Waals surface area contributed by atoms with E-state index in [9.17, 15) is 9.00 Å². The molecule has 1 aromatic heterocycles. The van der Waals surface area contributed by atoms with E-state index >= 15 is 0 Å². The van der Waals surface area contributed by atoms with Gasteiger partial charge in [-0.2, -0.15) is 9.46 Å². The second-order valence-corrected chi connectivity index (χ2v) is 9.04. The Hall–Kier alpha value is -2.15. The van der Waals surface area contributed by atoms with Gasteiger partial charge in [0.15, 0.2) is 0 Å². The van der Waals surface area contributed by atoms with Gasteiger partial charge in [-0.1, -0.05) is 19.9 Å². The van der Waals surface area contributed by atoms with Gasteiger partial charge in [0.25, 0.3) is 5.91 Å². The molecule has 2 rings (SSSR count). The molecule has 0 unspecified atom stereocenters. The first kappa shape index (κ1) is 18.2. The van der Waals surface area contributed by atoms with Crippen LogP contribution in [0.5, 0.6) is 0 Å². The van der Waals surface area contributed by atoms with Gasteiger partial charge in [0.05, 0.1) is 17.4 Å². The monoisotopic (exact) mass is 348 g/mol. The minimum atomic E-state index is -2.24. The quantitative estimate of drug-likeness (QED) is 0.899. The van der Waals surface area contributed by atoms with Crippen LogP contribution in [0.15, 0.2) is 34.8 Å². The van der Waals surface area contributed by atoms with Crippen molar-refractivity contribution in [1.82, 2.24) is 9.78 Å². The summed E-state index contributed by atoms with van der Waals surface area (Å²) in [5.74, 6) is 0.240. The Morgan fingerprint density at radius 1 is 1.38 bits per heavy atom. The van der Waals surface area contributed by atoms with E-state index in [1.165, 1.54) is 0 Å². The van der Waals surface area contributed by atoms with E-state index in [1.54, 1.807) is 43.0 Å². The number of carbonyl (C=O) groups excluding carboxylic acids is 1. The molecule has 7 heteroatoms. The number of hydrogen-bond donors (Lipinski definition) is 1. The SMILES string of the molecule is Cc1c(C(=O)Nc2cccc(N=S(C)(C)=O)c2)cnn1CC(C)C. The van der Waals surface area contributed by atoms with Gasteiger partial charge in [0, 0.05) is 40.2 Å². The van der Waals surface area contributed by atoms with Gasteiger partial charge in [-0.3, -0.25) is 9.48 Å². The Labute approximate surface area is 143 Å². The number of rotatable bonds is 5. The van der Waals surface area contributed by atoms with Crippen molar-refractivity contribution >= 4 is 27.0 Å². The zero-order valence-electron chi connectivity index (χ0n) is 14.7. The summed E-state index contributed by atoms with van der Waals surface area (Å²) in [5, 5.41) is 7.13. The van der Waals surface area contributed by atoms with Gasteiger partial charge in [-0.15, -0.1) is 0 Å². The molecule has 1 aromatic carbocycles. The Kier molecular flexibility index (Phi) is 5.43. The van der Waals surface area contributed by atoms with Crippen LogP contribution in [0.1, 0.15) is 29.9 Å². The molecule has 0 saturated heterocycles. The van der Waals surface area contributed by atoms with E-state index < -0.39 is 9.73 Å². The first-order chi connectivity index (χ1) is 11.2. The third-order valence-electron chi connectivity index (χ3n) is 3.32. The van der Waals surface area contributed by atoms with Crippen LogP contribution in [0.4, 0.5) is 11.4 Å². The van der Waals surface area contributed by atoms with Gasteiger partial charge in [0.1, 0.15) is 0 Å². The lowest BCUT2D eigenvalue weighted by Crippen LogP contribution is -2.14. The van der Waals surface area contributed by atoms with Gasteiger partial charge in [-0.25, -0.2) is 4.21 Å². The summed E-state index contributed by atoms with van der Waals surface area (Å²) in [6, 6.07) is 7.01. The topological polar surface area (TPSA) is 76.3 Å². The smallest absolute Gasteiger partial charge is 0.259 e. The van der Waals surface area contributed by atoms with Crippen molar-refractivity contribution in [2.45, 2.75) is 27.3 Å². The second-order valence-electron chi connectivity index (χ2n) is 6.50. The highest BCUT2D eigenvalue weighted by molar-refractivity contribution is 7.92. The lowest BCUT2D eigenvalue weighted by atomic mass is 10.2. The van der Waals surface area contributed by atoms with E-state index in [1.807, 2.05) is 11.6 Å². The molecule has 1 N–H and O–H groups in total. The molecule has 0 atom stereocenters. The number of hydrogen-bond acceptors (Lipinski definition) is 4. The number of nitrogens with one attached hydrogen (secondary N) is 1. The van der Waals surface area contributed by atoms with E-state index in [4.69, 9.17) is 0 Å². The lowest BCUT2D eigenvalue weighted by Gasteiger charge is -2.09. The van der Waals surface area contributed by atoms with E-state index in [0.29, 0.717) is 22.9 Å². The summed E-state index contributed by atoms with van der Waals surface area (Å²) in [6.45, 7) is 6.87. The van der Waals surface area contributed by atoms with Gasteiger partial charge in [-0.05, 0) is 31.0 Å². The summed E-state index contributed by atoms with van der Waals surface area (Å²) in [6.07, 6.45) is 4.74.